The smallest absolute Gasteiger partial charge is 0.305 e. The second kappa shape index (κ2) is 14.2. The molecule has 1 atom stereocenters. The molecule has 0 radical (unpaired) electrons. The van der Waals surface area contributed by atoms with Crippen molar-refractivity contribution in [2.75, 3.05) is 26.4 Å². The Morgan fingerprint density at radius 1 is 0.871 bits per heavy atom. The lowest BCUT2D eigenvalue weighted by molar-refractivity contribution is -0.153. The van der Waals surface area contributed by atoms with Crippen LogP contribution >= 0.6 is 0 Å². The fraction of sp³-hybridized carbons (Fsp3) is 0.920. The van der Waals surface area contributed by atoms with Gasteiger partial charge in [0, 0.05) is 23.7 Å². The lowest BCUT2D eigenvalue weighted by Crippen LogP contribution is -2.43. The predicted octanol–water partition coefficient (Wildman–Crippen LogP) is 5.09. The van der Waals surface area contributed by atoms with Crippen LogP contribution in [-0.4, -0.2) is 55.0 Å². The summed E-state index contributed by atoms with van der Waals surface area (Å²) < 4.78 is 17.2. The van der Waals surface area contributed by atoms with E-state index in [1.54, 1.807) is 0 Å². The standard InChI is InChI=1S/C25H48O6/c1-9-20(4)29-17-24(7,8)18-30-22(28)15-13-12-14-21(27)25(10-2,11-3)31-19-23(5,6)16-26/h20,26H,9-19H2,1-8H3. The molecule has 0 aromatic heterocycles. The quantitative estimate of drug-likeness (QED) is 0.234. The van der Waals surface area contributed by atoms with Gasteiger partial charge in [0.1, 0.15) is 5.60 Å². The lowest BCUT2D eigenvalue weighted by Gasteiger charge is -2.34. The van der Waals surface area contributed by atoms with Gasteiger partial charge in [0.2, 0.25) is 0 Å². The van der Waals surface area contributed by atoms with E-state index in [1.165, 1.54) is 0 Å². The van der Waals surface area contributed by atoms with E-state index in [0.29, 0.717) is 58.3 Å². The minimum atomic E-state index is -0.813. The van der Waals surface area contributed by atoms with Crippen molar-refractivity contribution in [2.45, 2.75) is 112 Å². The molecule has 0 bridgehead atoms. The van der Waals surface area contributed by atoms with Crippen LogP contribution in [0.2, 0.25) is 0 Å². The molecule has 0 aliphatic rings. The van der Waals surface area contributed by atoms with Gasteiger partial charge in [-0.3, -0.25) is 9.59 Å². The molecule has 0 saturated carbocycles. The molecule has 0 rings (SSSR count). The van der Waals surface area contributed by atoms with E-state index >= 15 is 0 Å². The van der Waals surface area contributed by atoms with Crippen molar-refractivity contribution >= 4 is 11.8 Å². The maximum Gasteiger partial charge on any atom is 0.305 e. The van der Waals surface area contributed by atoms with Crippen LogP contribution < -0.4 is 0 Å². The summed E-state index contributed by atoms with van der Waals surface area (Å²) >= 11 is 0. The maximum atomic E-state index is 12.9. The van der Waals surface area contributed by atoms with E-state index in [9.17, 15) is 14.7 Å². The molecule has 0 fully saturated rings. The van der Waals surface area contributed by atoms with Crippen LogP contribution in [0.15, 0.2) is 0 Å². The minimum absolute atomic E-state index is 0.00731. The molecule has 0 spiro atoms. The second-order valence-corrected chi connectivity index (χ2v) is 10.3. The Hall–Kier alpha value is -0.980. The number of ketones is 1. The number of esters is 1. The van der Waals surface area contributed by atoms with Gasteiger partial charge < -0.3 is 19.3 Å². The minimum Gasteiger partial charge on any atom is -0.465 e. The zero-order valence-corrected chi connectivity index (χ0v) is 21.3. The van der Waals surface area contributed by atoms with E-state index in [2.05, 4.69) is 6.92 Å². The Labute approximate surface area is 190 Å². The SMILES string of the molecule is CCC(C)OCC(C)(C)COC(=O)CCCCC(=O)C(CC)(CC)OCC(C)(C)CO. The number of rotatable bonds is 18. The third kappa shape index (κ3) is 12.0. The van der Waals surface area contributed by atoms with Crippen molar-refractivity contribution in [3.05, 3.63) is 0 Å². The second-order valence-electron chi connectivity index (χ2n) is 10.3. The summed E-state index contributed by atoms with van der Waals surface area (Å²) in [6, 6.07) is 0. The van der Waals surface area contributed by atoms with Gasteiger partial charge in [-0.25, -0.2) is 0 Å². The summed E-state index contributed by atoms with van der Waals surface area (Å²) in [5.74, 6) is -0.162. The molecule has 0 heterocycles. The highest BCUT2D eigenvalue weighted by Gasteiger charge is 2.36. The van der Waals surface area contributed by atoms with Crippen LogP contribution in [0.1, 0.15) is 100 Å². The van der Waals surface area contributed by atoms with E-state index in [4.69, 9.17) is 14.2 Å². The van der Waals surface area contributed by atoms with Crippen molar-refractivity contribution in [3.63, 3.8) is 0 Å². The molecular formula is C25H48O6. The molecule has 6 heteroatoms. The molecule has 31 heavy (non-hydrogen) atoms. The molecule has 184 valence electrons. The number of hydrogen-bond donors (Lipinski definition) is 1. The third-order valence-corrected chi connectivity index (χ3v) is 5.81. The molecule has 0 saturated heterocycles. The number of aliphatic hydroxyl groups is 1. The molecule has 0 aromatic rings. The highest BCUT2D eigenvalue weighted by molar-refractivity contribution is 5.87. The summed E-state index contributed by atoms with van der Waals surface area (Å²) in [6.45, 7) is 17.1. The zero-order chi connectivity index (χ0) is 24.1. The first kappa shape index (κ1) is 30.0. The van der Waals surface area contributed by atoms with Crippen LogP contribution in [0.4, 0.5) is 0 Å². The normalized spacial score (nSPS) is 13.8. The average Bonchev–Trinajstić information content (AvgIpc) is 2.74. The molecule has 0 aromatic carbocycles. The van der Waals surface area contributed by atoms with Gasteiger partial charge in [-0.15, -0.1) is 0 Å². The van der Waals surface area contributed by atoms with E-state index in [1.807, 2.05) is 48.5 Å². The van der Waals surface area contributed by atoms with Crippen molar-refractivity contribution in [1.29, 1.82) is 0 Å². The van der Waals surface area contributed by atoms with Crippen LogP contribution in [0, 0.1) is 10.8 Å². The number of carbonyl (C=O) groups excluding carboxylic acids is 2. The van der Waals surface area contributed by atoms with Gasteiger partial charge in [-0.1, -0.05) is 48.5 Å². The number of hydrogen-bond acceptors (Lipinski definition) is 6. The van der Waals surface area contributed by atoms with Crippen molar-refractivity contribution in [1.82, 2.24) is 0 Å². The number of aliphatic hydroxyl groups excluding tert-OH is 1. The topological polar surface area (TPSA) is 82.1 Å². The van der Waals surface area contributed by atoms with Gasteiger partial charge in [0.25, 0.3) is 0 Å². The van der Waals surface area contributed by atoms with Crippen molar-refractivity contribution in [2.24, 2.45) is 10.8 Å². The van der Waals surface area contributed by atoms with Crippen LogP contribution in [-0.2, 0) is 23.8 Å². The van der Waals surface area contributed by atoms with E-state index in [0.717, 1.165) is 6.42 Å². The Bertz CT molecular complexity index is 522. The van der Waals surface area contributed by atoms with Gasteiger partial charge >= 0.3 is 5.97 Å². The van der Waals surface area contributed by atoms with E-state index in [-0.39, 0.29) is 35.3 Å². The summed E-state index contributed by atoms with van der Waals surface area (Å²) in [5, 5.41) is 9.44. The molecule has 1 unspecified atom stereocenters. The number of Topliss-reactive ketones (excluding diaryl/α,β-unsaturated/α-hetero) is 1. The fourth-order valence-electron chi connectivity index (χ4n) is 2.97. The summed E-state index contributed by atoms with van der Waals surface area (Å²) in [7, 11) is 0. The zero-order valence-electron chi connectivity index (χ0n) is 21.3. The average molecular weight is 445 g/mol. The first-order valence-electron chi connectivity index (χ1n) is 11.9. The lowest BCUT2D eigenvalue weighted by atomic mass is 9.87. The van der Waals surface area contributed by atoms with Crippen LogP contribution in [0.25, 0.3) is 0 Å². The Morgan fingerprint density at radius 3 is 1.97 bits per heavy atom. The molecular weight excluding hydrogens is 396 g/mol. The van der Waals surface area contributed by atoms with Gasteiger partial charge in [-0.05, 0) is 39.0 Å². The highest BCUT2D eigenvalue weighted by Crippen LogP contribution is 2.28. The Morgan fingerprint density at radius 2 is 1.45 bits per heavy atom. The van der Waals surface area contributed by atoms with Gasteiger partial charge in [0.05, 0.1) is 32.5 Å². The molecule has 0 aliphatic heterocycles. The van der Waals surface area contributed by atoms with E-state index < -0.39 is 5.60 Å². The highest BCUT2D eigenvalue weighted by atomic mass is 16.5. The van der Waals surface area contributed by atoms with Crippen molar-refractivity contribution < 1.29 is 28.9 Å². The summed E-state index contributed by atoms with van der Waals surface area (Å²) in [4.78, 5) is 25.0. The number of carbonyl (C=O) groups is 2. The van der Waals surface area contributed by atoms with Crippen molar-refractivity contribution in [3.8, 4) is 0 Å². The monoisotopic (exact) mass is 444 g/mol. The first-order chi connectivity index (χ1) is 14.4. The molecule has 0 aliphatic carbocycles. The Kier molecular flexibility index (Phi) is 13.8. The summed E-state index contributed by atoms with van der Waals surface area (Å²) in [6.07, 6.45) is 4.27. The largest absolute Gasteiger partial charge is 0.465 e. The third-order valence-electron chi connectivity index (χ3n) is 5.81. The molecule has 6 nitrogen and oxygen atoms in total. The summed E-state index contributed by atoms with van der Waals surface area (Å²) in [5.41, 5.74) is -1.42. The maximum absolute atomic E-state index is 12.9. The van der Waals surface area contributed by atoms with Gasteiger partial charge in [0.15, 0.2) is 5.78 Å². The first-order valence-corrected chi connectivity index (χ1v) is 11.9. The van der Waals surface area contributed by atoms with Crippen LogP contribution in [0.3, 0.4) is 0 Å². The predicted molar refractivity (Wildman–Crippen MR) is 124 cm³/mol. The molecule has 1 N–H and O–H groups in total. The molecule has 0 amide bonds. The fourth-order valence-corrected chi connectivity index (χ4v) is 2.97. The van der Waals surface area contributed by atoms with Crippen LogP contribution in [0.5, 0.6) is 0 Å². The number of unbranched alkanes of at least 4 members (excludes halogenated alkanes) is 1. The number of ether oxygens (including phenoxy) is 3. The van der Waals surface area contributed by atoms with Gasteiger partial charge in [-0.2, -0.15) is 0 Å². The Balaban J connectivity index is 4.38.